The van der Waals surface area contributed by atoms with Crippen molar-refractivity contribution in [1.29, 1.82) is 0 Å². The Labute approximate surface area is 219 Å². The lowest BCUT2D eigenvalue weighted by atomic mass is 9.99. The zero-order valence-corrected chi connectivity index (χ0v) is 21.8. The highest BCUT2D eigenvalue weighted by Crippen LogP contribution is 2.37. The molecule has 2 aliphatic heterocycles. The van der Waals surface area contributed by atoms with Crippen LogP contribution in [-0.2, 0) is 31.0 Å². The summed E-state index contributed by atoms with van der Waals surface area (Å²) in [5.41, 5.74) is 0.516. The fraction of sp³-hybridized carbons (Fsp3) is 0.440. The first-order chi connectivity index (χ1) is 17.6. The number of piperidine rings is 1. The number of fused-ring (bicyclic) bond motifs is 2. The quantitative estimate of drug-likeness (QED) is 0.480. The number of carbonyl (C=O) groups is 2. The molecule has 1 N–H and O–H groups in total. The Kier molecular flexibility index (Phi) is 8.56. The zero-order chi connectivity index (χ0) is 26.6. The van der Waals surface area contributed by atoms with Crippen molar-refractivity contribution < 1.29 is 36.6 Å². The molecular weight excluding hydrogens is 527 g/mol. The second kappa shape index (κ2) is 11.7. The summed E-state index contributed by atoms with van der Waals surface area (Å²) in [6, 6.07) is 10.8. The van der Waals surface area contributed by atoms with Gasteiger partial charge < -0.3 is 19.1 Å². The fourth-order valence-electron chi connectivity index (χ4n) is 4.84. The van der Waals surface area contributed by atoms with Crippen molar-refractivity contribution in [3.8, 4) is 11.5 Å². The molecule has 1 unspecified atom stereocenters. The summed E-state index contributed by atoms with van der Waals surface area (Å²) in [5.74, 6) is -0.268. The number of ether oxygens (including phenoxy) is 3. The van der Waals surface area contributed by atoms with Crippen LogP contribution in [0.1, 0.15) is 31.2 Å². The van der Waals surface area contributed by atoms with Gasteiger partial charge in [0.25, 0.3) is 11.8 Å². The number of sulfonamides is 1. The summed E-state index contributed by atoms with van der Waals surface area (Å²) in [6.07, 6.45) is 3.97. The van der Waals surface area contributed by atoms with Crippen LogP contribution in [0.2, 0.25) is 5.02 Å². The van der Waals surface area contributed by atoms with Gasteiger partial charge in [0.15, 0.2) is 6.61 Å². The van der Waals surface area contributed by atoms with Gasteiger partial charge in [-0.1, -0.05) is 11.6 Å². The molecule has 2 heterocycles. The van der Waals surface area contributed by atoms with E-state index >= 15 is 0 Å². The maximum absolute atomic E-state index is 13.2. The third-order valence-corrected chi connectivity index (χ3v) is 7.09. The van der Waals surface area contributed by atoms with Crippen LogP contribution in [0, 0.1) is 5.82 Å². The van der Waals surface area contributed by atoms with Gasteiger partial charge in [-0.25, -0.2) is 12.8 Å². The molecule has 2 aromatic carbocycles. The highest BCUT2D eigenvalue weighted by atomic mass is 35.5. The molecule has 0 aliphatic carbocycles. The minimum Gasteiger partial charge on any atom is -0.490 e. The van der Waals surface area contributed by atoms with Gasteiger partial charge in [0.05, 0.1) is 12.9 Å². The molecular formula is C25H28ClFN2O7S. The molecule has 2 aromatic rings. The Balaban J connectivity index is 1.31. The lowest BCUT2D eigenvalue weighted by Crippen LogP contribution is -2.50. The molecule has 0 aromatic heterocycles. The number of hydrogen-bond donors (Lipinski definition) is 1. The van der Waals surface area contributed by atoms with Crippen LogP contribution in [0.5, 0.6) is 11.5 Å². The van der Waals surface area contributed by atoms with Crippen LogP contribution >= 0.6 is 11.6 Å². The molecule has 2 saturated heterocycles. The van der Waals surface area contributed by atoms with Gasteiger partial charge in [-0.3, -0.25) is 14.3 Å². The molecule has 3 atom stereocenters. The Bertz CT molecular complexity index is 1230. The monoisotopic (exact) mass is 554 g/mol. The van der Waals surface area contributed by atoms with Gasteiger partial charge in [0.2, 0.25) is 10.0 Å². The van der Waals surface area contributed by atoms with E-state index in [1.165, 1.54) is 12.1 Å². The van der Waals surface area contributed by atoms with E-state index in [0.717, 1.165) is 19.1 Å². The number of benzene rings is 2. The van der Waals surface area contributed by atoms with Crippen LogP contribution in [0.3, 0.4) is 0 Å². The normalized spacial score (nSPS) is 20.9. The van der Waals surface area contributed by atoms with Crippen LogP contribution < -0.4 is 14.2 Å². The zero-order valence-electron chi connectivity index (χ0n) is 20.2. The van der Waals surface area contributed by atoms with Gasteiger partial charge in [-0.15, -0.1) is 0 Å². The van der Waals surface area contributed by atoms with Crippen LogP contribution in [-0.4, -0.2) is 62.8 Å². The minimum absolute atomic E-state index is 0.0432. The van der Waals surface area contributed by atoms with E-state index in [-0.39, 0.29) is 43.1 Å². The van der Waals surface area contributed by atoms with Crippen molar-refractivity contribution in [3.05, 3.63) is 58.9 Å². The summed E-state index contributed by atoms with van der Waals surface area (Å²) in [4.78, 5) is 26.6. The Hall–Kier alpha value is -2.89. The SMILES string of the molecule is CS(=O)(=O)NC(=O)COCc1cc(Cl)ccc1OCC(=O)N1[C@@H]2CC[C@H]1CC(Oc1ccc(F)cc1)C2. The van der Waals surface area contributed by atoms with Gasteiger partial charge in [0.1, 0.15) is 30.0 Å². The van der Waals surface area contributed by atoms with Gasteiger partial charge >= 0.3 is 0 Å². The van der Waals surface area contributed by atoms with E-state index in [0.29, 0.717) is 34.9 Å². The summed E-state index contributed by atoms with van der Waals surface area (Å²) < 4.78 is 54.4. The lowest BCUT2D eigenvalue weighted by Gasteiger charge is -2.38. The number of hydrogen-bond acceptors (Lipinski definition) is 7. The van der Waals surface area contributed by atoms with E-state index in [1.54, 1.807) is 30.3 Å². The molecule has 37 heavy (non-hydrogen) atoms. The van der Waals surface area contributed by atoms with Crippen LogP contribution in [0.25, 0.3) is 0 Å². The predicted molar refractivity (Wildman–Crippen MR) is 133 cm³/mol. The van der Waals surface area contributed by atoms with Gasteiger partial charge in [-0.2, -0.15) is 0 Å². The van der Waals surface area contributed by atoms with Crippen LogP contribution in [0.15, 0.2) is 42.5 Å². The topological polar surface area (TPSA) is 111 Å². The van der Waals surface area contributed by atoms with Gasteiger partial charge in [-0.05, 0) is 55.3 Å². The summed E-state index contributed by atoms with van der Waals surface area (Å²) in [5, 5.41) is 0.416. The third-order valence-electron chi connectivity index (χ3n) is 6.26. The second-order valence-electron chi connectivity index (χ2n) is 9.18. The Morgan fingerprint density at radius 1 is 1.08 bits per heavy atom. The van der Waals surface area contributed by atoms with Crippen molar-refractivity contribution in [2.24, 2.45) is 0 Å². The summed E-state index contributed by atoms with van der Waals surface area (Å²) in [6.45, 7) is -0.728. The van der Waals surface area contributed by atoms with Crippen molar-refractivity contribution in [2.75, 3.05) is 19.5 Å². The molecule has 0 spiro atoms. The largest absolute Gasteiger partial charge is 0.490 e. The van der Waals surface area contributed by atoms with E-state index in [1.807, 2.05) is 9.62 Å². The Morgan fingerprint density at radius 2 is 1.76 bits per heavy atom. The molecule has 2 fully saturated rings. The smallest absolute Gasteiger partial charge is 0.261 e. The number of carbonyl (C=O) groups excluding carboxylic acids is 2. The van der Waals surface area contributed by atoms with Crippen LogP contribution in [0.4, 0.5) is 4.39 Å². The first-order valence-electron chi connectivity index (χ1n) is 11.8. The molecule has 2 amide bonds. The molecule has 12 heteroatoms. The standard InChI is InChI=1S/C25H28ClFN2O7S/c1-37(32,33)28-24(30)14-34-13-16-10-17(26)2-9-23(16)35-15-25(31)29-19-5-6-20(29)12-22(11-19)36-21-7-3-18(27)4-8-21/h2-4,7-10,19-20,22H,5-6,11-15H2,1H3,(H,28,30)/t19-,20+,22?. The molecule has 2 aliphatic rings. The molecule has 2 bridgehead atoms. The first-order valence-corrected chi connectivity index (χ1v) is 14.1. The number of rotatable bonds is 10. The third kappa shape index (κ3) is 7.56. The van der Waals surface area contributed by atoms with E-state index in [4.69, 9.17) is 25.8 Å². The number of nitrogens with zero attached hydrogens (tertiary/aromatic N) is 1. The van der Waals surface area contributed by atoms with Crippen molar-refractivity contribution in [1.82, 2.24) is 9.62 Å². The number of nitrogens with one attached hydrogen (secondary N) is 1. The highest BCUT2D eigenvalue weighted by molar-refractivity contribution is 7.89. The van der Waals surface area contributed by atoms with Crippen molar-refractivity contribution >= 4 is 33.4 Å². The highest BCUT2D eigenvalue weighted by Gasteiger charge is 2.44. The maximum atomic E-state index is 13.2. The molecule has 200 valence electrons. The van der Waals surface area contributed by atoms with E-state index < -0.39 is 22.5 Å². The summed E-state index contributed by atoms with van der Waals surface area (Å²) in [7, 11) is -3.68. The van der Waals surface area contributed by atoms with E-state index in [2.05, 4.69) is 0 Å². The maximum Gasteiger partial charge on any atom is 0.261 e. The average molecular weight is 555 g/mol. The van der Waals surface area contributed by atoms with Crippen molar-refractivity contribution in [3.63, 3.8) is 0 Å². The molecule has 4 rings (SSSR count). The lowest BCUT2D eigenvalue weighted by molar-refractivity contribution is -0.139. The predicted octanol–water partition coefficient (Wildman–Crippen LogP) is 3.05. The van der Waals surface area contributed by atoms with E-state index in [9.17, 15) is 22.4 Å². The number of amides is 2. The summed E-state index contributed by atoms with van der Waals surface area (Å²) >= 11 is 6.08. The molecule has 0 radical (unpaired) electrons. The number of halogens is 2. The average Bonchev–Trinajstić information content (AvgIpc) is 3.09. The fourth-order valence-corrected chi connectivity index (χ4v) is 5.51. The minimum atomic E-state index is -3.68. The van der Waals surface area contributed by atoms with Gasteiger partial charge in [0, 0.05) is 35.5 Å². The van der Waals surface area contributed by atoms with Crippen molar-refractivity contribution in [2.45, 2.75) is 50.5 Å². The molecule has 0 saturated carbocycles. The first kappa shape index (κ1) is 27.2. The molecule has 9 nitrogen and oxygen atoms in total. The second-order valence-corrected chi connectivity index (χ2v) is 11.4. The Morgan fingerprint density at radius 3 is 2.41 bits per heavy atom.